The van der Waals surface area contributed by atoms with Gasteiger partial charge in [0, 0.05) is 15.6 Å². The number of thiophene rings is 1. The molecule has 2 aromatic carbocycles. The van der Waals surface area contributed by atoms with Gasteiger partial charge in [-0.3, -0.25) is 19.6 Å². The van der Waals surface area contributed by atoms with Crippen molar-refractivity contribution in [2.75, 3.05) is 11.1 Å². The molecule has 0 unspecified atom stereocenters. The number of halogens is 4. The quantitative estimate of drug-likeness (QED) is 0.148. The number of anilines is 1. The SMILES string of the molecule is O=C(CSc1nc2sc3c(c2c(=O)n1-c1ccc(Cl)cc1)CCCC3)NNC(=O)Nc1cccc(C(F)(F)F)c1. The number of aryl methyl sites for hydroxylation is 2. The van der Waals surface area contributed by atoms with Crippen molar-refractivity contribution in [2.24, 2.45) is 0 Å². The molecular formula is C26H21ClF3N5O3S2. The van der Waals surface area contributed by atoms with Gasteiger partial charge in [0.15, 0.2) is 5.16 Å². The molecule has 1 aliphatic carbocycles. The summed E-state index contributed by atoms with van der Waals surface area (Å²) in [4.78, 5) is 44.9. The minimum absolute atomic E-state index is 0.0981. The minimum Gasteiger partial charge on any atom is -0.307 e. The van der Waals surface area contributed by atoms with Crippen molar-refractivity contribution in [3.8, 4) is 5.69 Å². The number of alkyl halides is 3. The highest BCUT2D eigenvalue weighted by Crippen LogP contribution is 2.35. The zero-order valence-electron chi connectivity index (χ0n) is 20.6. The fourth-order valence-corrected chi connectivity index (χ4v) is 6.57. The second kappa shape index (κ2) is 11.5. The van der Waals surface area contributed by atoms with E-state index in [9.17, 15) is 27.6 Å². The van der Waals surface area contributed by atoms with Gasteiger partial charge in [-0.1, -0.05) is 29.4 Å². The van der Waals surface area contributed by atoms with Crippen LogP contribution in [0.4, 0.5) is 23.7 Å². The van der Waals surface area contributed by atoms with Gasteiger partial charge in [-0.05, 0) is 73.7 Å². The van der Waals surface area contributed by atoms with Gasteiger partial charge in [0.2, 0.25) is 5.91 Å². The normalized spacial score (nSPS) is 13.1. The van der Waals surface area contributed by atoms with Gasteiger partial charge in [0.25, 0.3) is 5.56 Å². The Bertz CT molecular complexity index is 1650. The first-order valence-corrected chi connectivity index (χ1v) is 14.3. The van der Waals surface area contributed by atoms with Crippen molar-refractivity contribution in [2.45, 2.75) is 37.0 Å². The molecule has 0 spiro atoms. The summed E-state index contributed by atoms with van der Waals surface area (Å²) in [7, 11) is 0. The highest BCUT2D eigenvalue weighted by molar-refractivity contribution is 7.99. The van der Waals surface area contributed by atoms with Crippen LogP contribution in [-0.4, -0.2) is 27.2 Å². The van der Waals surface area contributed by atoms with Gasteiger partial charge in [0.1, 0.15) is 4.83 Å². The maximum atomic E-state index is 13.7. The first-order chi connectivity index (χ1) is 19.1. The zero-order chi connectivity index (χ0) is 28.4. The maximum Gasteiger partial charge on any atom is 0.416 e. The van der Waals surface area contributed by atoms with Crippen LogP contribution in [0.3, 0.4) is 0 Å². The molecule has 14 heteroatoms. The lowest BCUT2D eigenvalue weighted by Crippen LogP contribution is -2.44. The Morgan fingerprint density at radius 1 is 1.07 bits per heavy atom. The first kappa shape index (κ1) is 28.0. The van der Waals surface area contributed by atoms with Crippen LogP contribution in [0, 0.1) is 0 Å². The van der Waals surface area contributed by atoms with E-state index >= 15 is 0 Å². The lowest BCUT2D eigenvalue weighted by Gasteiger charge is -2.14. The van der Waals surface area contributed by atoms with Crippen molar-refractivity contribution < 1.29 is 22.8 Å². The average molecular weight is 608 g/mol. The van der Waals surface area contributed by atoms with Gasteiger partial charge in [-0.15, -0.1) is 11.3 Å². The second-order valence-corrected chi connectivity index (χ2v) is 11.4. The number of nitrogens with zero attached hydrogens (tertiary/aromatic N) is 2. The number of urea groups is 1. The standard InChI is InChI=1S/C26H21ClF3N5O3S2/c27-15-8-10-17(11-9-15)35-23(37)21-18-6-1-2-7-19(18)40-22(21)32-25(35)39-13-20(36)33-34-24(38)31-16-5-3-4-14(12-16)26(28,29)30/h3-5,8-12H,1-2,6-7,13H2,(H,33,36)(H2,31,34,38). The fourth-order valence-electron chi connectivity index (χ4n) is 4.33. The van der Waals surface area contributed by atoms with Gasteiger partial charge in [-0.2, -0.15) is 13.2 Å². The molecule has 2 heterocycles. The van der Waals surface area contributed by atoms with E-state index in [1.165, 1.54) is 22.0 Å². The molecule has 0 saturated carbocycles. The number of carbonyl (C=O) groups excluding carboxylic acids is 2. The molecule has 0 atom stereocenters. The van der Waals surface area contributed by atoms with Crippen molar-refractivity contribution in [1.29, 1.82) is 0 Å². The molecule has 3 N–H and O–H groups in total. The number of carbonyl (C=O) groups is 2. The molecule has 0 bridgehead atoms. The van der Waals surface area contributed by atoms with Crippen LogP contribution in [0.5, 0.6) is 0 Å². The second-order valence-electron chi connectivity index (χ2n) is 8.90. The minimum atomic E-state index is -4.56. The Kier molecular flexibility index (Phi) is 8.06. The van der Waals surface area contributed by atoms with Crippen LogP contribution in [0.2, 0.25) is 5.02 Å². The Hall–Kier alpha value is -3.55. The predicted molar refractivity (Wildman–Crippen MR) is 149 cm³/mol. The number of benzene rings is 2. The lowest BCUT2D eigenvalue weighted by atomic mass is 9.97. The smallest absolute Gasteiger partial charge is 0.307 e. The first-order valence-electron chi connectivity index (χ1n) is 12.1. The summed E-state index contributed by atoms with van der Waals surface area (Å²) < 4.78 is 40.1. The van der Waals surface area contributed by atoms with Crippen LogP contribution >= 0.6 is 34.7 Å². The molecule has 0 saturated heterocycles. The van der Waals surface area contributed by atoms with Gasteiger partial charge in [-0.25, -0.2) is 15.2 Å². The summed E-state index contributed by atoms with van der Waals surface area (Å²) in [5, 5.41) is 3.62. The Balaban J connectivity index is 1.31. The van der Waals surface area contributed by atoms with Crippen LogP contribution in [-0.2, 0) is 23.8 Å². The maximum absolute atomic E-state index is 13.7. The number of hydrogen-bond acceptors (Lipinski definition) is 6. The van der Waals surface area contributed by atoms with Crippen molar-refractivity contribution >= 4 is 62.5 Å². The Morgan fingerprint density at radius 2 is 1.82 bits per heavy atom. The number of thioether (sulfide) groups is 1. The number of hydrogen-bond donors (Lipinski definition) is 3. The van der Waals surface area contributed by atoms with E-state index in [2.05, 4.69) is 16.2 Å². The number of rotatable bonds is 5. The third-order valence-corrected chi connectivity index (χ3v) is 8.51. The number of amides is 3. The van der Waals surface area contributed by atoms with Crippen LogP contribution < -0.4 is 21.7 Å². The van der Waals surface area contributed by atoms with E-state index in [4.69, 9.17) is 16.6 Å². The van der Waals surface area contributed by atoms with Gasteiger partial charge in [0.05, 0.1) is 22.4 Å². The largest absolute Gasteiger partial charge is 0.416 e. The fraction of sp³-hybridized carbons (Fsp3) is 0.231. The third kappa shape index (κ3) is 6.11. The highest BCUT2D eigenvalue weighted by Gasteiger charge is 2.30. The van der Waals surface area contributed by atoms with Crippen molar-refractivity contribution in [3.63, 3.8) is 0 Å². The van der Waals surface area contributed by atoms with E-state index in [0.29, 0.717) is 26.1 Å². The molecule has 0 radical (unpaired) electrons. The van der Waals surface area contributed by atoms with E-state index in [1.807, 2.05) is 0 Å². The topological polar surface area (TPSA) is 105 Å². The van der Waals surface area contributed by atoms with E-state index in [-0.39, 0.29) is 17.0 Å². The zero-order valence-corrected chi connectivity index (χ0v) is 23.0. The third-order valence-electron chi connectivity index (χ3n) is 6.14. The molecule has 208 valence electrons. The number of hydrazine groups is 1. The summed E-state index contributed by atoms with van der Waals surface area (Å²) in [5.74, 6) is -0.827. The van der Waals surface area contributed by atoms with Crippen molar-refractivity contribution in [1.82, 2.24) is 20.4 Å². The van der Waals surface area contributed by atoms with E-state index in [1.54, 1.807) is 24.3 Å². The van der Waals surface area contributed by atoms with Crippen LogP contribution in [0.25, 0.3) is 15.9 Å². The molecule has 1 aliphatic rings. The average Bonchev–Trinajstić information content (AvgIpc) is 3.30. The predicted octanol–water partition coefficient (Wildman–Crippen LogP) is 5.94. The van der Waals surface area contributed by atoms with Crippen LogP contribution in [0.15, 0.2) is 58.5 Å². The lowest BCUT2D eigenvalue weighted by molar-refractivity contribution is -0.137. The summed E-state index contributed by atoms with van der Waals surface area (Å²) in [6, 6.07) is 9.86. The molecule has 4 aromatic rings. The number of nitrogens with one attached hydrogen (secondary N) is 3. The molecule has 2 aromatic heterocycles. The van der Waals surface area contributed by atoms with Gasteiger partial charge >= 0.3 is 12.2 Å². The molecule has 0 fully saturated rings. The van der Waals surface area contributed by atoms with E-state index < -0.39 is 23.7 Å². The molecule has 8 nitrogen and oxygen atoms in total. The summed E-state index contributed by atoms with van der Waals surface area (Å²) >= 11 is 8.54. The highest BCUT2D eigenvalue weighted by atomic mass is 35.5. The molecule has 5 rings (SSSR count). The Morgan fingerprint density at radius 3 is 2.58 bits per heavy atom. The molecule has 3 amide bonds. The van der Waals surface area contributed by atoms with Crippen LogP contribution in [0.1, 0.15) is 28.8 Å². The molecule has 40 heavy (non-hydrogen) atoms. The summed E-state index contributed by atoms with van der Waals surface area (Å²) in [5.41, 5.74) is 4.64. The number of fused-ring (bicyclic) bond motifs is 3. The van der Waals surface area contributed by atoms with Gasteiger partial charge < -0.3 is 5.32 Å². The molecular weight excluding hydrogens is 587 g/mol. The van der Waals surface area contributed by atoms with E-state index in [0.717, 1.165) is 66.1 Å². The number of aromatic nitrogens is 2. The monoisotopic (exact) mass is 607 g/mol. The molecule has 0 aliphatic heterocycles. The summed E-state index contributed by atoms with van der Waals surface area (Å²) in [6.45, 7) is 0. The summed E-state index contributed by atoms with van der Waals surface area (Å²) in [6.07, 6.45) is -0.788. The van der Waals surface area contributed by atoms with Crippen molar-refractivity contribution in [3.05, 3.63) is 79.9 Å². The Labute approximate surface area is 238 Å².